The van der Waals surface area contributed by atoms with E-state index < -0.39 is 11.9 Å². The maximum absolute atomic E-state index is 11.3. The number of halogens is 1. The van der Waals surface area contributed by atoms with Crippen LogP contribution in [0.2, 0.25) is 0 Å². The van der Waals surface area contributed by atoms with Gasteiger partial charge in [-0.25, -0.2) is 9.59 Å². The largest absolute Gasteiger partial charge is 0.478 e. The van der Waals surface area contributed by atoms with Crippen molar-refractivity contribution in [2.24, 2.45) is 0 Å². The molecule has 0 atom stereocenters. The molecule has 0 bridgehead atoms. The minimum atomic E-state index is -1.13. The molecule has 2 N–H and O–H groups in total. The van der Waals surface area contributed by atoms with Crippen LogP contribution in [0.25, 0.3) is 0 Å². The van der Waals surface area contributed by atoms with Crippen molar-refractivity contribution in [3.63, 3.8) is 0 Å². The Labute approximate surface area is 136 Å². The molecule has 2 aromatic carbocycles. The first kappa shape index (κ1) is 16.2. The third-order valence-electron chi connectivity index (χ3n) is 3.45. The summed E-state index contributed by atoms with van der Waals surface area (Å²) in [7, 11) is 0. The summed E-state index contributed by atoms with van der Waals surface area (Å²) in [5, 5.41) is 19.0. The minimum Gasteiger partial charge on any atom is -0.478 e. The summed E-state index contributed by atoms with van der Waals surface area (Å²) in [5.41, 5.74) is 2.98. The summed E-state index contributed by atoms with van der Waals surface area (Å²) >= 11 is 3.39. The average molecular weight is 363 g/mol. The molecule has 0 radical (unpaired) electrons. The number of carboxylic acids is 2. The highest BCUT2D eigenvalue weighted by molar-refractivity contribution is 9.08. The van der Waals surface area contributed by atoms with Gasteiger partial charge in [0, 0.05) is 5.33 Å². The Bertz CT molecular complexity index is 692. The monoisotopic (exact) mass is 362 g/mol. The van der Waals surface area contributed by atoms with Crippen molar-refractivity contribution in [3.8, 4) is 0 Å². The van der Waals surface area contributed by atoms with Crippen LogP contribution in [0.4, 0.5) is 0 Å². The lowest BCUT2D eigenvalue weighted by Gasteiger charge is -2.08. The molecule has 0 spiro atoms. The lowest BCUT2D eigenvalue weighted by atomic mass is 9.97. The van der Waals surface area contributed by atoms with Gasteiger partial charge in [-0.1, -0.05) is 46.3 Å². The highest BCUT2D eigenvalue weighted by atomic mass is 79.9. The SMILES string of the molecule is O=C(O)c1ccc(CCc2ccc(CBr)cc2)c(C(=O)O)c1. The topological polar surface area (TPSA) is 74.6 Å². The molecular weight excluding hydrogens is 348 g/mol. The number of hydrogen-bond acceptors (Lipinski definition) is 2. The van der Waals surface area contributed by atoms with E-state index in [0.717, 1.165) is 10.9 Å². The molecule has 4 nitrogen and oxygen atoms in total. The number of benzene rings is 2. The molecule has 0 unspecified atom stereocenters. The Morgan fingerprint density at radius 3 is 2.05 bits per heavy atom. The van der Waals surface area contributed by atoms with Crippen LogP contribution < -0.4 is 0 Å². The van der Waals surface area contributed by atoms with Crippen LogP contribution in [0, 0.1) is 0 Å². The van der Waals surface area contributed by atoms with Gasteiger partial charge in [-0.3, -0.25) is 0 Å². The molecular formula is C17H15BrO4. The summed E-state index contributed by atoms with van der Waals surface area (Å²) in [4.78, 5) is 22.2. The van der Waals surface area contributed by atoms with Crippen LogP contribution in [-0.4, -0.2) is 22.2 Å². The second kappa shape index (κ2) is 7.22. The van der Waals surface area contributed by atoms with Crippen molar-refractivity contribution in [3.05, 3.63) is 70.3 Å². The van der Waals surface area contributed by atoms with Gasteiger partial charge in [0.15, 0.2) is 0 Å². The standard InChI is InChI=1S/C17H15BrO4/c18-10-12-3-1-11(2-4-12)5-6-13-7-8-14(16(19)20)9-15(13)17(21)22/h1-4,7-9H,5-6,10H2,(H,19,20)(H,21,22). The fourth-order valence-corrected chi connectivity index (χ4v) is 2.57. The molecule has 2 rings (SSSR count). The van der Waals surface area contributed by atoms with Crippen molar-refractivity contribution in [2.75, 3.05) is 0 Å². The van der Waals surface area contributed by atoms with E-state index in [1.807, 2.05) is 24.3 Å². The van der Waals surface area contributed by atoms with E-state index in [0.29, 0.717) is 18.4 Å². The molecule has 0 saturated carbocycles. The van der Waals surface area contributed by atoms with Crippen LogP contribution in [0.5, 0.6) is 0 Å². The van der Waals surface area contributed by atoms with Crippen molar-refractivity contribution in [1.29, 1.82) is 0 Å². The molecule has 0 heterocycles. The third kappa shape index (κ3) is 3.95. The number of rotatable bonds is 6. The smallest absolute Gasteiger partial charge is 0.335 e. The van der Waals surface area contributed by atoms with Gasteiger partial charge in [-0.05, 0) is 41.7 Å². The van der Waals surface area contributed by atoms with Crippen LogP contribution in [0.15, 0.2) is 42.5 Å². The fraction of sp³-hybridized carbons (Fsp3) is 0.176. The lowest BCUT2D eigenvalue weighted by molar-refractivity contribution is 0.0695. The molecule has 0 amide bonds. The molecule has 22 heavy (non-hydrogen) atoms. The molecule has 0 aliphatic rings. The van der Waals surface area contributed by atoms with E-state index in [1.54, 1.807) is 6.07 Å². The van der Waals surface area contributed by atoms with Crippen molar-refractivity contribution in [1.82, 2.24) is 0 Å². The Balaban J connectivity index is 2.17. The zero-order valence-corrected chi connectivity index (χ0v) is 13.3. The van der Waals surface area contributed by atoms with Crippen molar-refractivity contribution >= 4 is 27.9 Å². The minimum absolute atomic E-state index is 0.0113. The number of carboxylic acid groups (broad SMARTS) is 2. The Hall–Kier alpha value is -2.14. The average Bonchev–Trinajstić information content (AvgIpc) is 2.53. The van der Waals surface area contributed by atoms with Crippen molar-refractivity contribution < 1.29 is 19.8 Å². The van der Waals surface area contributed by atoms with Crippen molar-refractivity contribution in [2.45, 2.75) is 18.2 Å². The summed E-state index contributed by atoms with van der Waals surface area (Å²) in [6.45, 7) is 0. The van der Waals surface area contributed by atoms with Crippen LogP contribution in [0.3, 0.4) is 0 Å². The van der Waals surface area contributed by atoms with E-state index in [4.69, 9.17) is 5.11 Å². The lowest BCUT2D eigenvalue weighted by Crippen LogP contribution is -2.07. The first-order valence-corrected chi connectivity index (χ1v) is 7.86. The van der Waals surface area contributed by atoms with Gasteiger partial charge < -0.3 is 10.2 Å². The summed E-state index contributed by atoms with van der Waals surface area (Å²) in [6.07, 6.45) is 1.25. The zero-order valence-electron chi connectivity index (χ0n) is 11.8. The number of aromatic carboxylic acids is 2. The molecule has 0 aliphatic carbocycles. The quantitative estimate of drug-likeness (QED) is 0.767. The first-order chi connectivity index (χ1) is 10.5. The number of carbonyl (C=O) groups is 2. The maximum Gasteiger partial charge on any atom is 0.335 e. The number of alkyl halides is 1. The Morgan fingerprint density at radius 2 is 1.50 bits per heavy atom. The molecule has 0 fully saturated rings. The zero-order chi connectivity index (χ0) is 16.1. The molecule has 5 heteroatoms. The second-order valence-electron chi connectivity index (χ2n) is 4.93. The Kier molecular flexibility index (Phi) is 5.33. The summed E-state index contributed by atoms with van der Waals surface area (Å²) in [5.74, 6) is -2.23. The third-order valence-corrected chi connectivity index (χ3v) is 4.09. The van der Waals surface area contributed by atoms with E-state index in [1.165, 1.54) is 17.7 Å². The van der Waals surface area contributed by atoms with E-state index in [9.17, 15) is 14.7 Å². The number of aryl methyl sites for hydroxylation is 2. The highest BCUT2D eigenvalue weighted by Crippen LogP contribution is 2.16. The maximum atomic E-state index is 11.3. The van der Waals surface area contributed by atoms with E-state index in [2.05, 4.69) is 15.9 Å². The van der Waals surface area contributed by atoms with Gasteiger partial charge >= 0.3 is 11.9 Å². The summed E-state index contributed by atoms with van der Waals surface area (Å²) in [6, 6.07) is 12.3. The predicted octanol–water partition coefficient (Wildman–Crippen LogP) is 3.76. The van der Waals surface area contributed by atoms with Gasteiger partial charge in [0.2, 0.25) is 0 Å². The van der Waals surface area contributed by atoms with E-state index in [-0.39, 0.29) is 11.1 Å². The van der Waals surface area contributed by atoms with Gasteiger partial charge in [0.05, 0.1) is 11.1 Å². The second-order valence-corrected chi connectivity index (χ2v) is 5.49. The predicted molar refractivity (Wildman–Crippen MR) is 86.8 cm³/mol. The van der Waals surface area contributed by atoms with Gasteiger partial charge in [0.25, 0.3) is 0 Å². The first-order valence-electron chi connectivity index (χ1n) is 6.74. The highest BCUT2D eigenvalue weighted by Gasteiger charge is 2.13. The fourth-order valence-electron chi connectivity index (χ4n) is 2.20. The van der Waals surface area contributed by atoms with Gasteiger partial charge in [0.1, 0.15) is 0 Å². The van der Waals surface area contributed by atoms with Crippen LogP contribution >= 0.6 is 15.9 Å². The molecule has 0 aromatic heterocycles. The normalized spacial score (nSPS) is 10.4. The van der Waals surface area contributed by atoms with Gasteiger partial charge in [-0.15, -0.1) is 0 Å². The Morgan fingerprint density at radius 1 is 0.864 bits per heavy atom. The summed E-state index contributed by atoms with van der Waals surface area (Å²) < 4.78 is 0. The van der Waals surface area contributed by atoms with Crippen LogP contribution in [0.1, 0.15) is 37.4 Å². The number of hydrogen-bond donors (Lipinski definition) is 2. The molecule has 114 valence electrons. The van der Waals surface area contributed by atoms with E-state index >= 15 is 0 Å². The molecule has 0 saturated heterocycles. The van der Waals surface area contributed by atoms with Gasteiger partial charge in [-0.2, -0.15) is 0 Å². The molecule has 0 aliphatic heterocycles. The van der Waals surface area contributed by atoms with Crippen LogP contribution in [-0.2, 0) is 18.2 Å². The molecule has 2 aromatic rings.